The molecule has 0 unspecified atom stereocenters. The van der Waals surface area contributed by atoms with E-state index in [2.05, 4.69) is 56.6 Å². The van der Waals surface area contributed by atoms with Crippen LogP contribution in [0.15, 0.2) is 96.1 Å². The number of hydrogen-bond acceptors (Lipinski definition) is 9. The highest BCUT2D eigenvalue weighted by atomic mass is 16.5. The molecular weight excluding hydrogens is 596 g/mol. The van der Waals surface area contributed by atoms with Crippen LogP contribution in [0.4, 0.5) is 5.95 Å². The first-order valence-corrected chi connectivity index (χ1v) is 15.7. The summed E-state index contributed by atoms with van der Waals surface area (Å²) in [5.41, 5.74) is 5.15. The first-order valence-electron chi connectivity index (χ1n) is 15.7. The van der Waals surface area contributed by atoms with Gasteiger partial charge in [-0.25, -0.2) is 4.98 Å². The lowest BCUT2D eigenvalue weighted by molar-refractivity contribution is -0.0432. The van der Waals surface area contributed by atoms with Gasteiger partial charge in [0.25, 0.3) is 5.56 Å². The second-order valence-corrected chi connectivity index (χ2v) is 11.9. The lowest BCUT2D eigenvalue weighted by Gasteiger charge is -2.24. The largest absolute Gasteiger partial charge is 0.492 e. The van der Waals surface area contributed by atoms with Gasteiger partial charge in [0.2, 0.25) is 5.95 Å². The van der Waals surface area contributed by atoms with Crippen LogP contribution in [-0.4, -0.2) is 86.7 Å². The summed E-state index contributed by atoms with van der Waals surface area (Å²) in [6.45, 7) is 3.13. The minimum Gasteiger partial charge on any atom is -0.492 e. The Morgan fingerprint density at radius 1 is 1.04 bits per heavy atom. The van der Waals surface area contributed by atoms with E-state index in [1.54, 1.807) is 4.57 Å². The van der Waals surface area contributed by atoms with Crippen molar-refractivity contribution < 1.29 is 19.7 Å². The third-order valence-corrected chi connectivity index (χ3v) is 8.28. The van der Waals surface area contributed by atoms with E-state index < -0.39 is 24.0 Å². The van der Waals surface area contributed by atoms with E-state index in [0.717, 1.165) is 40.1 Å². The molecular formula is C36H40N6O5. The number of likely N-dealkylation sites (N-methyl/N-ethyl adjacent to an activating group) is 1. The van der Waals surface area contributed by atoms with Gasteiger partial charge in [-0.3, -0.25) is 14.3 Å². The van der Waals surface area contributed by atoms with Crippen LogP contribution in [0.25, 0.3) is 22.3 Å². The Morgan fingerprint density at radius 2 is 1.70 bits per heavy atom. The molecule has 11 heteroatoms. The molecule has 0 spiro atoms. The predicted molar refractivity (Wildman–Crippen MR) is 182 cm³/mol. The molecule has 11 nitrogen and oxygen atoms in total. The van der Waals surface area contributed by atoms with Gasteiger partial charge < -0.3 is 29.9 Å². The van der Waals surface area contributed by atoms with Crippen LogP contribution in [0, 0.1) is 0 Å². The number of nitrogens with zero attached hydrogens (tertiary/aromatic N) is 4. The number of aromatic nitrogens is 4. The maximum atomic E-state index is 13.2. The first kappa shape index (κ1) is 32.1. The molecule has 5 aromatic rings. The zero-order valence-corrected chi connectivity index (χ0v) is 26.7. The first-order chi connectivity index (χ1) is 22.8. The van der Waals surface area contributed by atoms with Crippen molar-refractivity contribution in [1.82, 2.24) is 24.4 Å². The van der Waals surface area contributed by atoms with Gasteiger partial charge in [0.15, 0.2) is 11.2 Å². The van der Waals surface area contributed by atoms with Crippen LogP contribution >= 0.6 is 0 Å². The molecule has 244 valence electrons. The van der Waals surface area contributed by atoms with E-state index in [0.29, 0.717) is 12.3 Å². The second kappa shape index (κ2) is 14.3. The number of anilines is 1. The van der Waals surface area contributed by atoms with E-state index in [1.165, 1.54) is 6.33 Å². The summed E-state index contributed by atoms with van der Waals surface area (Å²) in [5, 5.41) is 23.3. The molecule has 1 aliphatic heterocycles. The number of hydrogen-bond donors (Lipinski definition) is 4. The van der Waals surface area contributed by atoms with Crippen molar-refractivity contribution in [1.29, 1.82) is 0 Å². The number of imidazole rings is 1. The SMILES string of the molecule is C[C@H](Nc1nc2c(ncn2[C@H]2C[C@H](O)[C@@H](CO)O2)c(=O)[nH]1)/C(=C(/c1ccccc1)c1ccc(OCCN(C)C)cc1)c1ccccc1. The van der Waals surface area contributed by atoms with Crippen LogP contribution in [0.5, 0.6) is 5.75 Å². The number of aromatic amines is 1. The lowest BCUT2D eigenvalue weighted by Crippen LogP contribution is -2.24. The maximum absolute atomic E-state index is 13.2. The fourth-order valence-corrected chi connectivity index (χ4v) is 5.91. The normalized spacial score (nSPS) is 19.1. The third-order valence-electron chi connectivity index (χ3n) is 8.28. The maximum Gasteiger partial charge on any atom is 0.280 e. The molecule has 1 saturated heterocycles. The summed E-state index contributed by atoms with van der Waals surface area (Å²) in [6.07, 6.45) is -0.452. The molecule has 0 aliphatic carbocycles. The molecule has 4 N–H and O–H groups in total. The van der Waals surface area contributed by atoms with Crippen molar-refractivity contribution in [3.8, 4) is 5.75 Å². The number of fused-ring (bicyclic) bond motifs is 1. The van der Waals surface area contributed by atoms with Crippen LogP contribution in [0.3, 0.4) is 0 Å². The van der Waals surface area contributed by atoms with E-state index in [1.807, 2.05) is 69.6 Å². The molecule has 6 rings (SSSR count). The number of nitrogens with one attached hydrogen (secondary N) is 2. The van der Waals surface area contributed by atoms with Gasteiger partial charge in [-0.15, -0.1) is 0 Å². The fourth-order valence-electron chi connectivity index (χ4n) is 5.91. The van der Waals surface area contributed by atoms with Gasteiger partial charge in [-0.2, -0.15) is 4.98 Å². The average molecular weight is 637 g/mol. The highest BCUT2D eigenvalue weighted by Gasteiger charge is 2.35. The summed E-state index contributed by atoms with van der Waals surface area (Å²) in [4.78, 5) is 27.1. The van der Waals surface area contributed by atoms with Gasteiger partial charge >= 0.3 is 0 Å². The summed E-state index contributed by atoms with van der Waals surface area (Å²) >= 11 is 0. The summed E-state index contributed by atoms with van der Waals surface area (Å²) in [5.74, 6) is 1.06. The van der Waals surface area contributed by atoms with Gasteiger partial charge in [0, 0.05) is 13.0 Å². The molecule has 1 aliphatic rings. The van der Waals surface area contributed by atoms with Crippen molar-refractivity contribution in [2.75, 3.05) is 39.2 Å². The number of aliphatic hydroxyl groups is 2. The van der Waals surface area contributed by atoms with E-state index in [-0.39, 0.29) is 30.5 Å². The molecule has 0 saturated carbocycles. The Bertz CT molecular complexity index is 1870. The van der Waals surface area contributed by atoms with Crippen molar-refractivity contribution in [2.45, 2.75) is 37.8 Å². The number of rotatable bonds is 12. The highest BCUT2D eigenvalue weighted by molar-refractivity contribution is 6.00. The minimum absolute atomic E-state index is 0.158. The van der Waals surface area contributed by atoms with Crippen LogP contribution < -0.4 is 15.6 Å². The lowest BCUT2D eigenvalue weighted by atomic mass is 9.86. The Kier molecular flexibility index (Phi) is 9.79. The number of benzene rings is 3. The van der Waals surface area contributed by atoms with Crippen molar-refractivity contribution in [3.63, 3.8) is 0 Å². The molecule has 1 fully saturated rings. The van der Waals surface area contributed by atoms with E-state index >= 15 is 0 Å². The summed E-state index contributed by atoms with van der Waals surface area (Å²) < 4.78 is 13.4. The van der Waals surface area contributed by atoms with Crippen LogP contribution in [0.2, 0.25) is 0 Å². The van der Waals surface area contributed by atoms with Crippen LogP contribution in [0.1, 0.15) is 36.3 Å². The van der Waals surface area contributed by atoms with Gasteiger partial charge in [-0.05, 0) is 61.0 Å². The highest BCUT2D eigenvalue weighted by Crippen LogP contribution is 2.36. The minimum atomic E-state index is -0.837. The van der Waals surface area contributed by atoms with E-state index in [4.69, 9.17) is 14.5 Å². The smallest absolute Gasteiger partial charge is 0.280 e. The monoisotopic (exact) mass is 636 g/mol. The number of ether oxygens (including phenoxy) is 2. The number of aliphatic hydroxyl groups excluding tert-OH is 2. The van der Waals surface area contributed by atoms with Crippen molar-refractivity contribution >= 4 is 28.3 Å². The molecule has 3 aromatic carbocycles. The standard InChI is InChI=1S/C36H40N6O5/c1-23(38-36-39-34-33(35(45)40-36)37-22-42(34)30-20-28(44)29(21-43)47-30)31(24-10-6-4-7-11-24)32(25-12-8-5-9-13-25)26-14-16-27(17-15-26)46-19-18-41(2)3/h4-17,22-23,28-30,43-44H,18-21H2,1-3H3,(H2,38,39,40,45)/b32-31+/t23-,28-,29+,30+/m0/s1. The summed E-state index contributed by atoms with van der Waals surface area (Å²) in [6, 6.07) is 28.2. The quantitative estimate of drug-likeness (QED) is 0.149. The molecule has 0 bridgehead atoms. The topological polar surface area (TPSA) is 138 Å². The van der Waals surface area contributed by atoms with Gasteiger partial charge in [0.05, 0.1) is 25.1 Å². The Balaban J connectivity index is 1.41. The fraction of sp³-hybridized carbons (Fsp3) is 0.306. The van der Waals surface area contributed by atoms with Crippen LogP contribution in [-0.2, 0) is 4.74 Å². The van der Waals surface area contributed by atoms with Gasteiger partial charge in [0.1, 0.15) is 24.7 Å². The molecule has 0 radical (unpaired) electrons. The third kappa shape index (κ3) is 7.13. The molecule has 4 atom stereocenters. The summed E-state index contributed by atoms with van der Waals surface area (Å²) in [7, 11) is 4.04. The molecule has 3 heterocycles. The Labute approximate surface area is 273 Å². The predicted octanol–water partition coefficient (Wildman–Crippen LogP) is 4.16. The van der Waals surface area contributed by atoms with Crippen molar-refractivity contribution in [3.05, 3.63) is 118 Å². The van der Waals surface area contributed by atoms with Crippen molar-refractivity contribution in [2.24, 2.45) is 0 Å². The number of H-pyrrole nitrogens is 1. The zero-order valence-electron chi connectivity index (χ0n) is 26.7. The zero-order chi connectivity index (χ0) is 32.9. The Hall–Kier alpha value is -4.81. The Morgan fingerprint density at radius 3 is 2.34 bits per heavy atom. The van der Waals surface area contributed by atoms with Gasteiger partial charge in [-0.1, -0.05) is 72.8 Å². The van der Waals surface area contributed by atoms with E-state index in [9.17, 15) is 15.0 Å². The average Bonchev–Trinajstić information content (AvgIpc) is 3.67. The second-order valence-electron chi connectivity index (χ2n) is 11.9. The molecule has 2 aromatic heterocycles. The molecule has 0 amide bonds. The molecule has 47 heavy (non-hydrogen) atoms.